The molecule has 6 nitrogen and oxygen atoms in total. The van der Waals surface area contributed by atoms with E-state index in [4.69, 9.17) is 4.74 Å². The van der Waals surface area contributed by atoms with Gasteiger partial charge in [-0.1, -0.05) is 13.0 Å². The molecule has 0 unspecified atom stereocenters. The zero-order valence-corrected chi connectivity index (χ0v) is 14.2. The van der Waals surface area contributed by atoms with Crippen molar-refractivity contribution < 1.29 is 14.3 Å². The van der Waals surface area contributed by atoms with Crippen molar-refractivity contribution in [2.24, 2.45) is 5.92 Å². The number of piperidine rings is 1. The molecule has 1 aromatic carbocycles. The lowest BCUT2D eigenvalue weighted by Gasteiger charge is -2.30. The maximum Gasteiger partial charge on any atom is 0.313 e. The summed E-state index contributed by atoms with van der Waals surface area (Å²) < 4.78 is 5.36. The maximum absolute atomic E-state index is 12.3. The van der Waals surface area contributed by atoms with E-state index in [1.165, 1.54) is 0 Å². The van der Waals surface area contributed by atoms with Crippen molar-refractivity contribution in [2.75, 3.05) is 49.6 Å². The van der Waals surface area contributed by atoms with Crippen LogP contribution in [0, 0.1) is 5.92 Å². The van der Waals surface area contributed by atoms with Crippen LogP contribution in [0.2, 0.25) is 0 Å². The van der Waals surface area contributed by atoms with Crippen LogP contribution in [0.25, 0.3) is 0 Å². The normalized spacial score (nSPS) is 19.2. The van der Waals surface area contributed by atoms with E-state index >= 15 is 0 Å². The largest absolute Gasteiger partial charge is 0.378 e. The lowest BCUT2D eigenvalue weighted by molar-refractivity contribution is -0.144. The van der Waals surface area contributed by atoms with Crippen LogP contribution in [-0.4, -0.2) is 56.1 Å². The topological polar surface area (TPSA) is 61.9 Å². The number of hydrogen-bond acceptors (Lipinski definition) is 4. The molecule has 0 aliphatic carbocycles. The first-order valence-electron chi connectivity index (χ1n) is 8.66. The molecule has 1 aromatic rings. The Labute approximate surface area is 142 Å². The van der Waals surface area contributed by atoms with Crippen LogP contribution in [-0.2, 0) is 14.3 Å². The Bertz CT molecular complexity index is 591. The van der Waals surface area contributed by atoms with Gasteiger partial charge in [-0.15, -0.1) is 0 Å². The van der Waals surface area contributed by atoms with Crippen LogP contribution in [0.1, 0.15) is 19.8 Å². The highest BCUT2D eigenvalue weighted by Crippen LogP contribution is 2.21. The number of morpholine rings is 1. The quantitative estimate of drug-likeness (QED) is 0.838. The van der Waals surface area contributed by atoms with Crippen molar-refractivity contribution in [1.29, 1.82) is 0 Å². The summed E-state index contributed by atoms with van der Waals surface area (Å²) in [6, 6.07) is 7.63. The number of likely N-dealkylation sites (tertiary alicyclic amines) is 1. The standard InChI is InChI=1S/C18H25N3O3/c1-14-5-7-21(8-6-14)18(23)17(22)19-15-3-2-4-16(13-15)20-9-11-24-12-10-20/h2-4,13-14H,5-12H2,1H3,(H,19,22). The van der Waals surface area contributed by atoms with Crippen molar-refractivity contribution in [1.82, 2.24) is 4.90 Å². The van der Waals surface area contributed by atoms with Crippen molar-refractivity contribution >= 4 is 23.2 Å². The molecule has 0 radical (unpaired) electrons. The minimum atomic E-state index is -0.552. The van der Waals surface area contributed by atoms with Crippen LogP contribution in [0.5, 0.6) is 0 Å². The fourth-order valence-electron chi connectivity index (χ4n) is 3.14. The predicted molar refractivity (Wildman–Crippen MR) is 93.1 cm³/mol. The summed E-state index contributed by atoms with van der Waals surface area (Å²) in [5, 5.41) is 2.74. The molecule has 24 heavy (non-hydrogen) atoms. The summed E-state index contributed by atoms with van der Waals surface area (Å²) in [4.78, 5) is 28.4. The zero-order valence-electron chi connectivity index (χ0n) is 14.2. The highest BCUT2D eigenvalue weighted by Gasteiger charge is 2.25. The minimum absolute atomic E-state index is 0.432. The summed E-state index contributed by atoms with van der Waals surface area (Å²) in [7, 11) is 0. The van der Waals surface area contributed by atoms with Gasteiger partial charge in [-0.3, -0.25) is 9.59 Å². The van der Waals surface area contributed by atoms with Crippen molar-refractivity contribution in [3.63, 3.8) is 0 Å². The molecule has 130 valence electrons. The lowest BCUT2D eigenvalue weighted by Crippen LogP contribution is -2.43. The van der Waals surface area contributed by atoms with Gasteiger partial charge in [0.2, 0.25) is 0 Å². The van der Waals surface area contributed by atoms with Gasteiger partial charge in [0, 0.05) is 37.6 Å². The second-order valence-corrected chi connectivity index (χ2v) is 6.58. The highest BCUT2D eigenvalue weighted by molar-refractivity contribution is 6.39. The van der Waals surface area contributed by atoms with Crippen LogP contribution in [0.15, 0.2) is 24.3 Å². The Morgan fingerprint density at radius 2 is 1.83 bits per heavy atom. The number of benzene rings is 1. The van der Waals surface area contributed by atoms with E-state index in [-0.39, 0.29) is 0 Å². The first kappa shape index (κ1) is 16.8. The van der Waals surface area contributed by atoms with Gasteiger partial charge in [0.25, 0.3) is 0 Å². The Morgan fingerprint density at radius 1 is 1.12 bits per heavy atom. The molecule has 0 spiro atoms. The molecule has 0 bridgehead atoms. The summed E-state index contributed by atoms with van der Waals surface area (Å²) in [6.45, 7) is 6.61. The molecule has 2 aliphatic heterocycles. The summed E-state index contributed by atoms with van der Waals surface area (Å²) in [5.74, 6) is -0.357. The van der Waals surface area contributed by atoms with Crippen molar-refractivity contribution in [3.8, 4) is 0 Å². The van der Waals surface area contributed by atoms with E-state index in [0.29, 0.717) is 37.9 Å². The number of hydrogen-bond donors (Lipinski definition) is 1. The van der Waals surface area contributed by atoms with E-state index in [9.17, 15) is 9.59 Å². The van der Waals surface area contributed by atoms with E-state index in [1.54, 1.807) is 4.90 Å². The number of anilines is 2. The molecule has 2 heterocycles. The average Bonchev–Trinajstić information content (AvgIpc) is 2.63. The number of nitrogens with one attached hydrogen (secondary N) is 1. The molecule has 2 aliphatic rings. The molecule has 2 fully saturated rings. The molecule has 3 rings (SSSR count). The van der Waals surface area contributed by atoms with Gasteiger partial charge in [0.1, 0.15) is 0 Å². The molecule has 0 aromatic heterocycles. The van der Waals surface area contributed by atoms with Gasteiger partial charge in [-0.25, -0.2) is 0 Å². The Morgan fingerprint density at radius 3 is 2.54 bits per heavy atom. The zero-order chi connectivity index (χ0) is 16.9. The van der Waals surface area contributed by atoms with E-state index in [2.05, 4.69) is 17.1 Å². The average molecular weight is 331 g/mol. The van der Waals surface area contributed by atoms with Gasteiger partial charge in [0.15, 0.2) is 0 Å². The molecule has 1 N–H and O–H groups in total. The Kier molecular flexibility index (Phi) is 5.35. The highest BCUT2D eigenvalue weighted by atomic mass is 16.5. The van der Waals surface area contributed by atoms with Crippen LogP contribution in [0.3, 0.4) is 0 Å². The lowest BCUT2D eigenvalue weighted by atomic mass is 9.99. The molecule has 0 atom stereocenters. The van der Waals surface area contributed by atoms with Crippen molar-refractivity contribution in [3.05, 3.63) is 24.3 Å². The fraction of sp³-hybridized carbons (Fsp3) is 0.556. The number of nitrogens with zero attached hydrogens (tertiary/aromatic N) is 2. The summed E-state index contributed by atoms with van der Waals surface area (Å²) >= 11 is 0. The van der Waals surface area contributed by atoms with Crippen LogP contribution >= 0.6 is 0 Å². The Hall–Kier alpha value is -2.08. The number of rotatable bonds is 2. The summed E-state index contributed by atoms with van der Waals surface area (Å²) in [6.07, 6.45) is 1.93. The van der Waals surface area contributed by atoms with Gasteiger partial charge in [-0.2, -0.15) is 0 Å². The monoisotopic (exact) mass is 331 g/mol. The minimum Gasteiger partial charge on any atom is -0.378 e. The second kappa shape index (κ2) is 7.66. The van der Waals surface area contributed by atoms with Crippen LogP contribution < -0.4 is 10.2 Å². The van der Waals surface area contributed by atoms with Gasteiger partial charge >= 0.3 is 11.8 Å². The molecular weight excluding hydrogens is 306 g/mol. The SMILES string of the molecule is CC1CCN(C(=O)C(=O)Nc2cccc(N3CCOCC3)c2)CC1. The van der Waals surface area contributed by atoms with Gasteiger partial charge in [-0.05, 0) is 37.0 Å². The van der Waals surface area contributed by atoms with Crippen LogP contribution in [0.4, 0.5) is 11.4 Å². The molecule has 6 heteroatoms. The van der Waals surface area contributed by atoms with Crippen molar-refractivity contribution in [2.45, 2.75) is 19.8 Å². The Balaban J connectivity index is 1.60. The van der Waals surface area contributed by atoms with E-state index in [1.807, 2.05) is 24.3 Å². The van der Waals surface area contributed by atoms with Gasteiger partial charge in [0.05, 0.1) is 13.2 Å². The molecule has 2 saturated heterocycles. The third kappa shape index (κ3) is 4.06. The molecular formula is C18H25N3O3. The third-order valence-corrected chi connectivity index (χ3v) is 4.75. The number of carbonyl (C=O) groups excluding carboxylic acids is 2. The number of ether oxygens (including phenoxy) is 1. The second-order valence-electron chi connectivity index (χ2n) is 6.58. The van der Waals surface area contributed by atoms with E-state index in [0.717, 1.165) is 31.6 Å². The maximum atomic E-state index is 12.3. The molecule has 2 amide bonds. The van der Waals surface area contributed by atoms with Gasteiger partial charge < -0.3 is 19.9 Å². The molecule has 0 saturated carbocycles. The summed E-state index contributed by atoms with van der Waals surface area (Å²) in [5.41, 5.74) is 1.69. The third-order valence-electron chi connectivity index (χ3n) is 4.75. The predicted octanol–water partition coefficient (Wildman–Crippen LogP) is 1.72. The number of carbonyl (C=O) groups is 2. The first-order valence-corrected chi connectivity index (χ1v) is 8.66. The number of amides is 2. The fourth-order valence-corrected chi connectivity index (χ4v) is 3.14. The first-order chi connectivity index (χ1) is 11.6. The smallest absolute Gasteiger partial charge is 0.313 e. The van der Waals surface area contributed by atoms with E-state index < -0.39 is 11.8 Å².